The van der Waals surface area contributed by atoms with Crippen LogP contribution in [0.25, 0.3) is 0 Å². The molecular weight excluding hydrogens is 305 g/mol. The van der Waals surface area contributed by atoms with E-state index < -0.39 is 22.4 Å². The number of thiocarbonyl (C=S) groups is 1. The Labute approximate surface area is 118 Å². The molecule has 18 heavy (non-hydrogen) atoms. The van der Waals surface area contributed by atoms with E-state index in [9.17, 15) is 13.6 Å². The summed E-state index contributed by atoms with van der Waals surface area (Å²) in [6.07, 6.45) is 2.32. The number of carbonyl (C=O) groups is 1. The van der Waals surface area contributed by atoms with Gasteiger partial charge in [0.2, 0.25) is 0 Å². The average Bonchev–Trinajstić information content (AvgIpc) is 2.22. The Morgan fingerprint density at radius 2 is 2.06 bits per heavy atom. The Bertz CT molecular complexity index is 444. The Balaban J connectivity index is 2.97. The van der Waals surface area contributed by atoms with Gasteiger partial charge in [0.1, 0.15) is 0 Å². The van der Waals surface area contributed by atoms with Gasteiger partial charge in [-0.3, -0.25) is 0 Å². The van der Waals surface area contributed by atoms with Crippen LogP contribution in [-0.4, -0.2) is 40.6 Å². The van der Waals surface area contributed by atoms with Crippen molar-refractivity contribution in [2.24, 2.45) is 0 Å². The van der Waals surface area contributed by atoms with Gasteiger partial charge in [-0.2, -0.15) is 8.78 Å². The van der Waals surface area contributed by atoms with Gasteiger partial charge in [0.25, 0.3) is 0 Å². The molecule has 0 aromatic carbocycles. The Kier molecular flexibility index (Phi) is 4.69. The summed E-state index contributed by atoms with van der Waals surface area (Å²) in [5, 5.41) is -2.33. The lowest BCUT2D eigenvalue weighted by Gasteiger charge is -2.24. The molecule has 1 unspecified atom stereocenters. The highest BCUT2D eigenvalue weighted by atomic mass is 35.5. The summed E-state index contributed by atoms with van der Waals surface area (Å²) in [5.74, 6) is 0. The zero-order chi connectivity index (χ0) is 14.1. The molecule has 2 amide bonds. The largest absolute Gasteiger partial charge is 0.346 e. The molecule has 1 N–H and O–H groups in total. The van der Waals surface area contributed by atoms with E-state index in [0.717, 1.165) is 6.08 Å². The van der Waals surface area contributed by atoms with Gasteiger partial charge in [-0.15, -0.1) is 11.6 Å². The number of carbonyl (C=O) groups excluding carboxylic acids is 1. The van der Waals surface area contributed by atoms with Gasteiger partial charge < -0.3 is 10.2 Å². The van der Waals surface area contributed by atoms with E-state index in [2.05, 4.69) is 5.32 Å². The zero-order valence-electron chi connectivity index (χ0n) is 9.51. The lowest BCUT2D eigenvalue weighted by Crippen LogP contribution is -2.39. The fourth-order valence-electron chi connectivity index (χ4n) is 1.19. The number of amides is 2. The third-order valence-electron chi connectivity index (χ3n) is 2.17. The van der Waals surface area contributed by atoms with Crippen LogP contribution in [0, 0.1) is 0 Å². The molecule has 8 heteroatoms. The molecule has 3 nitrogen and oxygen atoms in total. The zero-order valence-corrected chi connectivity index (χ0v) is 11.8. The van der Waals surface area contributed by atoms with Crippen molar-refractivity contribution in [3.63, 3.8) is 0 Å². The van der Waals surface area contributed by atoms with Crippen LogP contribution in [0.15, 0.2) is 23.4 Å². The van der Waals surface area contributed by atoms with Crippen molar-refractivity contribution in [2.75, 3.05) is 14.1 Å². The normalized spacial score (nSPS) is 20.1. The standard InChI is InChI=1S/C10H10Cl2F2N2OS/c1-16(2)9(17)15-6-4-3-5(10(12,13)14)7(11)8(6)18/h3-4,7H,1-2H3,(H,15,17). The molecule has 0 saturated carbocycles. The highest BCUT2D eigenvalue weighted by Gasteiger charge is 2.39. The number of halogens is 4. The van der Waals surface area contributed by atoms with Crippen molar-refractivity contribution >= 4 is 46.3 Å². The van der Waals surface area contributed by atoms with Gasteiger partial charge in [0, 0.05) is 19.7 Å². The van der Waals surface area contributed by atoms with Crippen LogP contribution in [0.1, 0.15) is 0 Å². The molecule has 0 spiro atoms. The second-order valence-corrected chi connectivity index (χ2v) is 5.10. The molecular formula is C10H10Cl2F2N2OS. The monoisotopic (exact) mass is 314 g/mol. The maximum Gasteiger partial charge on any atom is 0.346 e. The van der Waals surface area contributed by atoms with E-state index in [1.165, 1.54) is 25.1 Å². The van der Waals surface area contributed by atoms with Crippen LogP contribution in [0.4, 0.5) is 13.6 Å². The lowest BCUT2D eigenvalue weighted by atomic mass is 10.0. The quantitative estimate of drug-likeness (QED) is 0.628. The van der Waals surface area contributed by atoms with Gasteiger partial charge in [0.15, 0.2) is 0 Å². The van der Waals surface area contributed by atoms with E-state index in [4.69, 9.17) is 35.4 Å². The molecule has 0 fully saturated rings. The number of nitrogens with zero attached hydrogens (tertiary/aromatic N) is 1. The van der Waals surface area contributed by atoms with E-state index in [0.29, 0.717) is 0 Å². The maximum atomic E-state index is 13.0. The summed E-state index contributed by atoms with van der Waals surface area (Å²) in [6.45, 7) is 0. The molecule has 0 radical (unpaired) electrons. The second kappa shape index (κ2) is 5.50. The van der Waals surface area contributed by atoms with Crippen molar-refractivity contribution in [1.29, 1.82) is 0 Å². The SMILES string of the molecule is CN(C)C(=O)NC1=CC=C(C(F)(F)Cl)C(Cl)C1=S. The van der Waals surface area contributed by atoms with E-state index in [1.807, 2.05) is 0 Å². The molecule has 0 bridgehead atoms. The van der Waals surface area contributed by atoms with Gasteiger partial charge in [-0.25, -0.2) is 4.79 Å². The predicted molar refractivity (Wildman–Crippen MR) is 71.4 cm³/mol. The number of hydrogen-bond donors (Lipinski definition) is 1. The van der Waals surface area contributed by atoms with Gasteiger partial charge in [-0.05, 0) is 17.7 Å². The number of urea groups is 1. The minimum atomic E-state index is -3.57. The van der Waals surface area contributed by atoms with Crippen molar-refractivity contribution in [3.8, 4) is 0 Å². The van der Waals surface area contributed by atoms with Crippen LogP contribution in [0.3, 0.4) is 0 Å². The Morgan fingerprint density at radius 3 is 2.50 bits per heavy atom. The second-order valence-electron chi connectivity index (χ2n) is 3.75. The molecule has 100 valence electrons. The first-order chi connectivity index (χ1) is 8.14. The fraction of sp³-hybridized carbons (Fsp3) is 0.400. The van der Waals surface area contributed by atoms with Gasteiger partial charge in [-0.1, -0.05) is 18.3 Å². The molecule has 1 rings (SSSR count). The van der Waals surface area contributed by atoms with E-state index in [-0.39, 0.29) is 10.6 Å². The number of rotatable bonds is 2. The molecule has 1 atom stereocenters. The minimum Gasteiger partial charge on any atom is -0.331 e. The number of allylic oxidation sites excluding steroid dienone is 4. The van der Waals surface area contributed by atoms with E-state index >= 15 is 0 Å². The first-order valence-electron chi connectivity index (χ1n) is 4.80. The van der Waals surface area contributed by atoms with Crippen LogP contribution in [-0.2, 0) is 0 Å². The highest BCUT2D eigenvalue weighted by molar-refractivity contribution is 7.81. The summed E-state index contributed by atoms with van der Waals surface area (Å²) < 4.78 is 26.0. The molecule has 1 aliphatic carbocycles. The average molecular weight is 315 g/mol. The number of nitrogens with one attached hydrogen (secondary N) is 1. The summed E-state index contributed by atoms with van der Waals surface area (Å²) in [5.41, 5.74) is -0.285. The Hall–Kier alpha value is -0.720. The topological polar surface area (TPSA) is 32.3 Å². The van der Waals surface area contributed by atoms with Crippen molar-refractivity contribution < 1.29 is 13.6 Å². The summed E-state index contributed by atoms with van der Waals surface area (Å²) in [4.78, 5) is 12.7. The smallest absolute Gasteiger partial charge is 0.331 e. The molecule has 0 aromatic heterocycles. The maximum absolute atomic E-state index is 13.0. The van der Waals surface area contributed by atoms with Crippen LogP contribution >= 0.6 is 35.4 Å². The Morgan fingerprint density at radius 1 is 1.50 bits per heavy atom. The summed E-state index contributed by atoms with van der Waals surface area (Å²) >= 11 is 15.6. The van der Waals surface area contributed by atoms with Crippen LogP contribution in [0.2, 0.25) is 0 Å². The molecule has 1 aliphatic rings. The third-order valence-corrected chi connectivity index (χ3v) is 3.43. The van der Waals surface area contributed by atoms with Crippen molar-refractivity contribution in [2.45, 2.75) is 10.8 Å². The van der Waals surface area contributed by atoms with E-state index in [1.54, 1.807) is 0 Å². The summed E-state index contributed by atoms with van der Waals surface area (Å²) in [6, 6.07) is -0.429. The summed E-state index contributed by atoms with van der Waals surface area (Å²) in [7, 11) is 3.07. The minimum absolute atomic E-state index is 0.00434. The van der Waals surface area contributed by atoms with Crippen LogP contribution < -0.4 is 5.32 Å². The first-order valence-corrected chi connectivity index (χ1v) is 6.02. The van der Waals surface area contributed by atoms with Crippen molar-refractivity contribution in [1.82, 2.24) is 10.2 Å². The molecule has 0 aliphatic heterocycles. The number of alkyl halides is 4. The molecule has 0 heterocycles. The third kappa shape index (κ3) is 3.40. The number of hydrogen-bond acceptors (Lipinski definition) is 2. The predicted octanol–water partition coefficient (Wildman–Crippen LogP) is 2.89. The molecule has 0 saturated heterocycles. The van der Waals surface area contributed by atoms with Crippen molar-refractivity contribution in [3.05, 3.63) is 23.4 Å². The first kappa shape index (κ1) is 15.3. The molecule has 0 aromatic rings. The van der Waals surface area contributed by atoms with Gasteiger partial charge >= 0.3 is 11.4 Å². The lowest BCUT2D eigenvalue weighted by molar-refractivity contribution is 0.137. The van der Waals surface area contributed by atoms with Gasteiger partial charge in [0.05, 0.1) is 15.9 Å². The van der Waals surface area contributed by atoms with Crippen LogP contribution in [0.5, 0.6) is 0 Å². The highest BCUT2D eigenvalue weighted by Crippen LogP contribution is 2.36. The fourth-order valence-corrected chi connectivity index (χ4v) is 1.99.